The molecule has 1 aromatic rings. The fourth-order valence-electron chi connectivity index (χ4n) is 1.91. The van der Waals surface area contributed by atoms with Crippen LogP contribution in [0.25, 0.3) is 0 Å². The lowest BCUT2D eigenvalue weighted by molar-refractivity contribution is 0.225. The molecule has 2 rings (SSSR count). The first-order chi connectivity index (χ1) is 7.65. The third kappa shape index (κ3) is 2.53. The van der Waals surface area contributed by atoms with Crippen LogP contribution in [0.5, 0.6) is 5.75 Å². The van der Waals surface area contributed by atoms with Gasteiger partial charge in [-0.2, -0.15) is 0 Å². The van der Waals surface area contributed by atoms with Crippen LogP contribution in [-0.4, -0.2) is 13.2 Å². The number of hydrogen-bond acceptors (Lipinski definition) is 2. The van der Waals surface area contributed by atoms with Gasteiger partial charge < -0.3 is 10.5 Å². The van der Waals surface area contributed by atoms with Crippen LogP contribution in [0.15, 0.2) is 18.2 Å². The predicted octanol–water partition coefficient (Wildman–Crippen LogP) is 2.64. The summed E-state index contributed by atoms with van der Waals surface area (Å²) >= 11 is 0. The van der Waals surface area contributed by atoms with E-state index in [0.29, 0.717) is 18.9 Å². The molecule has 88 valence electrons. The second-order valence-electron chi connectivity index (χ2n) is 4.74. The van der Waals surface area contributed by atoms with Gasteiger partial charge in [-0.05, 0) is 44.4 Å². The van der Waals surface area contributed by atoms with E-state index < -0.39 is 0 Å². The van der Waals surface area contributed by atoms with Crippen molar-refractivity contribution >= 4 is 0 Å². The molecule has 0 amide bonds. The lowest BCUT2D eigenvalue weighted by atomic mass is 10.0. The molecular formula is C13H18FNO. The zero-order chi connectivity index (χ0) is 11.6. The van der Waals surface area contributed by atoms with Crippen molar-refractivity contribution in [1.82, 2.24) is 0 Å². The first-order valence-corrected chi connectivity index (χ1v) is 5.74. The summed E-state index contributed by atoms with van der Waals surface area (Å²) in [7, 11) is 0. The van der Waals surface area contributed by atoms with Gasteiger partial charge in [0, 0.05) is 11.5 Å². The zero-order valence-corrected chi connectivity index (χ0v) is 9.63. The van der Waals surface area contributed by atoms with E-state index in [2.05, 4.69) is 0 Å². The molecule has 3 heteroatoms. The number of hydrogen-bond donors (Lipinski definition) is 1. The Kier molecular flexibility index (Phi) is 3.15. The maximum Gasteiger partial charge on any atom is 0.126 e. The molecule has 0 spiro atoms. The summed E-state index contributed by atoms with van der Waals surface area (Å²) in [6.45, 7) is 3.29. The SMILES string of the molecule is Cc1ccc(F)cc1OCC1(CCN)CC1. The van der Waals surface area contributed by atoms with Crippen molar-refractivity contribution < 1.29 is 9.13 Å². The molecule has 1 fully saturated rings. The van der Waals surface area contributed by atoms with Gasteiger partial charge in [0.15, 0.2) is 0 Å². The van der Waals surface area contributed by atoms with Crippen LogP contribution >= 0.6 is 0 Å². The lowest BCUT2D eigenvalue weighted by Crippen LogP contribution is -2.17. The van der Waals surface area contributed by atoms with Crippen LogP contribution in [0.4, 0.5) is 4.39 Å². The van der Waals surface area contributed by atoms with E-state index in [1.165, 1.54) is 25.0 Å². The van der Waals surface area contributed by atoms with E-state index in [1.54, 1.807) is 6.07 Å². The Labute approximate surface area is 95.6 Å². The molecule has 0 heterocycles. The topological polar surface area (TPSA) is 35.2 Å². The van der Waals surface area contributed by atoms with Gasteiger partial charge in [-0.1, -0.05) is 6.07 Å². The highest BCUT2D eigenvalue weighted by Gasteiger charge is 2.42. The van der Waals surface area contributed by atoms with Crippen molar-refractivity contribution in [3.63, 3.8) is 0 Å². The highest BCUT2D eigenvalue weighted by atomic mass is 19.1. The summed E-state index contributed by atoms with van der Waals surface area (Å²) < 4.78 is 18.7. The Hall–Kier alpha value is -1.09. The minimum Gasteiger partial charge on any atom is -0.493 e. The van der Waals surface area contributed by atoms with E-state index in [-0.39, 0.29) is 11.2 Å². The average Bonchev–Trinajstić information content (AvgIpc) is 3.01. The molecule has 0 atom stereocenters. The smallest absolute Gasteiger partial charge is 0.126 e. The van der Waals surface area contributed by atoms with Crippen molar-refractivity contribution in [2.75, 3.05) is 13.2 Å². The van der Waals surface area contributed by atoms with Gasteiger partial charge in [0.05, 0.1) is 6.61 Å². The summed E-state index contributed by atoms with van der Waals surface area (Å²) in [4.78, 5) is 0. The monoisotopic (exact) mass is 223 g/mol. The van der Waals surface area contributed by atoms with Crippen LogP contribution in [0.3, 0.4) is 0 Å². The summed E-state index contributed by atoms with van der Waals surface area (Å²) in [5.41, 5.74) is 6.81. The van der Waals surface area contributed by atoms with Gasteiger partial charge in [0.2, 0.25) is 0 Å². The Bertz CT molecular complexity index is 374. The standard InChI is InChI=1S/C13H18FNO/c1-10-2-3-11(14)8-12(10)16-9-13(4-5-13)6-7-15/h2-3,8H,4-7,9,15H2,1H3. The number of aryl methyl sites for hydroxylation is 1. The van der Waals surface area contributed by atoms with E-state index in [9.17, 15) is 4.39 Å². The number of nitrogens with two attached hydrogens (primary N) is 1. The van der Waals surface area contributed by atoms with Crippen molar-refractivity contribution in [2.24, 2.45) is 11.1 Å². The molecule has 1 aromatic carbocycles. The molecule has 0 aliphatic heterocycles. The van der Waals surface area contributed by atoms with E-state index in [0.717, 1.165) is 12.0 Å². The fourth-order valence-corrected chi connectivity index (χ4v) is 1.91. The molecular weight excluding hydrogens is 205 g/mol. The molecule has 0 bridgehead atoms. The van der Waals surface area contributed by atoms with Gasteiger partial charge in [0.25, 0.3) is 0 Å². The Morgan fingerprint density at radius 3 is 2.81 bits per heavy atom. The van der Waals surface area contributed by atoms with Crippen molar-refractivity contribution in [2.45, 2.75) is 26.2 Å². The number of rotatable bonds is 5. The first-order valence-electron chi connectivity index (χ1n) is 5.74. The van der Waals surface area contributed by atoms with Gasteiger partial charge in [0.1, 0.15) is 11.6 Å². The normalized spacial score (nSPS) is 17.2. The highest BCUT2D eigenvalue weighted by Crippen LogP contribution is 2.48. The minimum atomic E-state index is -0.246. The molecule has 2 N–H and O–H groups in total. The third-order valence-corrected chi connectivity index (χ3v) is 3.32. The minimum absolute atomic E-state index is 0.246. The Morgan fingerprint density at radius 1 is 1.44 bits per heavy atom. The predicted molar refractivity (Wildman–Crippen MR) is 62.0 cm³/mol. The molecule has 2 nitrogen and oxygen atoms in total. The van der Waals surface area contributed by atoms with E-state index >= 15 is 0 Å². The largest absolute Gasteiger partial charge is 0.493 e. The quantitative estimate of drug-likeness (QED) is 0.832. The molecule has 1 aliphatic rings. The van der Waals surface area contributed by atoms with Gasteiger partial charge in [-0.15, -0.1) is 0 Å². The fraction of sp³-hybridized carbons (Fsp3) is 0.538. The summed E-state index contributed by atoms with van der Waals surface area (Å²) in [6.07, 6.45) is 3.36. The Morgan fingerprint density at radius 2 is 2.19 bits per heavy atom. The second-order valence-corrected chi connectivity index (χ2v) is 4.74. The van der Waals surface area contributed by atoms with Crippen LogP contribution < -0.4 is 10.5 Å². The highest BCUT2D eigenvalue weighted by molar-refractivity contribution is 5.32. The van der Waals surface area contributed by atoms with Crippen molar-refractivity contribution in [3.05, 3.63) is 29.6 Å². The maximum atomic E-state index is 13.0. The molecule has 0 unspecified atom stereocenters. The van der Waals surface area contributed by atoms with E-state index in [1.807, 2.05) is 6.92 Å². The first kappa shape index (κ1) is 11.4. The van der Waals surface area contributed by atoms with Crippen LogP contribution in [-0.2, 0) is 0 Å². The summed E-state index contributed by atoms with van der Waals surface area (Å²) in [6, 6.07) is 4.65. The zero-order valence-electron chi connectivity index (χ0n) is 9.63. The lowest BCUT2D eigenvalue weighted by Gasteiger charge is -2.16. The third-order valence-electron chi connectivity index (χ3n) is 3.32. The van der Waals surface area contributed by atoms with Crippen LogP contribution in [0.1, 0.15) is 24.8 Å². The van der Waals surface area contributed by atoms with Crippen molar-refractivity contribution in [1.29, 1.82) is 0 Å². The summed E-state index contributed by atoms with van der Waals surface area (Å²) in [5, 5.41) is 0. The van der Waals surface area contributed by atoms with Crippen molar-refractivity contribution in [3.8, 4) is 5.75 Å². The maximum absolute atomic E-state index is 13.0. The number of benzene rings is 1. The molecule has 0 radical (unpaired) electrons. The molecule has 1 aliphatic carbocycles. The number of ether oxygens (including phenoxy) is 1. The second kappa shape index (κ2) is 4.42. The van der Waals surface area contributed by atoms with Gasteiger partial charge >= 0.3 is 0 Å². The summed E-state index contributed by atoms with van der Waals surface area (Å²) in [5.74, 6) is 0.410. The Balaban J connectivity index is 1.97. The number of halogens is 1. The molecule has 0 saturated heterocycles. The average molecular weight is 223 g/mol. The van der Waals surface area contributed by atoms with Crippen LogP contribution in [0, 0.1) is 18.2 Å². The molecule has 0 aromatic heterocycles. The molecule has 16 heavy (non-hydrogen) atoms. The van der Waals surface area contributed by atoms with Gasteiger partial charge in [-0.25, -0.2) is 4.39 Å². The molecule has 1 saturated carbocycles. The van der Waals surface area contributed by atoms with Gasteiger partial charge in [-0.3, -0.25) is 0 Å². The van der Waals surface area contributed by atoms with E-state index in [4.69, 9.17) is 10.5 Å². The van der Waals surface area contributed by atoms with Crippen LogP contribution in [0.2, 0.25) is 0 Å².